The molecule has 0 heterocycles. The summed E-state index contributed by atoms with van der Waals surface area (Å²) in [5.74, 6) is 0. The van der Waals surface area contributed by atoms with Crippen molar-refractivity contribution in [2.24, 2.45) is 0 Å². The van der Waals surface area contributed by atoms with Gasteiger partial charge in [0.25, 0.3) is 0 Å². The van der Waals surface area contributed by atoms with Crippen LogP contribution < -0.4 is 0 Å². The minimum atomic E-state index is -2.00. The van der Waals surface area contributed by atoms with Crippen molar-refractivity contribution < 1.29 is 7.56 Å². The van der Waals surface area contributed by atoms with Crippen molar-refractivity contribution in [3.8, 4) is 0 Å². The summed E-state index contributed by atoms with van der Waals surface area (Å²) in [5.41, 5.74) is 0. The van der Waals surface area contributed by atoms with Gasteiger partial charge in [0.1, 0.15) is 0 Å². The molecule has 0 spiro atoms. The van der Waals surface area contributed by atoms with Gasteiger partial charge in [0.15, 0.2) is 0 Å². The first-order chi connectivity index (χ1) is 1.41. The van der Waals surface area contributed by atoms with Gasteiger partial charge in [-0.25, -0.2) is 0 Å². The normalized spacial score (nSPS) is 2.00. The third-order valence-corrected chi connectivity index (χ3v) is 0. The Kier molecular flexibility index (Phi) is 20.0. The molecule has 0 aromatic heterocycles. The largest absolute Gasteiger partial charge is 0 e. The summed E-state index contributed by atoms with van der Waals surface area (Å²) in [6.45, 7) is 0. The average Bonchev–Trinajstić information content (AvgIpc) is 0.918. The second-order valence-corrected chi connectivity index (χ2v) is 0.433. The molecule has 0 atom stereocenters. The third-order valence-electron chi connectivity index (χ3n) is 0. The number of hydrogen-bond donors (Lipinski definition) is 0. The van der Waals surface area contributed by atoms with Crippen molar-refractivity contribution in [2.75, 3.05) is 0 Å². The summed E-state index contributed by atoms with van der Waals surface area (Å²) in [6.07, 6.45) is 0. The van der Waals surface area contributed by atoms with Gasteiger partial charge in [-0.15, -0.1) is 0 Å². The van der Waals surface area contributed by atoms with E-state index in [9.17, 15) is 0 Å². The number of hydrogen-bond acceptors (Lipinski definition) is 2. The van der Waals surface area contributed by atoms with Crippen LogP contribution in [0.2, 0.25) is 0 Å². The molecule has 4 heavy (non-hydrogen) atoms. The zero-order valence-corrected chi connectivity index (χ0v) is 6.41. The van der Waals surface area contributed by atoms with Gasteiger partial charge in [-0.3, -0.25) is 0 Å². The zero-order chi connectivity index (χ0) is 2.71. The molecule has 0 aliphatic carbocycles. The minimum absolute atomic E-state index is 0. The Hall–Kier alpha value is 0.961. The third kappa shape index (κ3) is 12.3. The van der Waals surface area contributed by atoms with E-state index in [-0.39, 0.29) is 24.4 Å². The van der Waals surface area contributed by atoms with Crippen LogP contribution in [0, 0.1) is 0 Å². The maximum absolute atomic E-state index is 8.50. The Morgan fingerprint density at radius 2 is 1.25 bits per heavy atom. The molecule has 0 amide bonds. The van der Waals surface area contributed by atoms with Gasteiger partial charge < -0.3 is 0 Å². The topological polar surface area (TPSA) is 34.1 Å². The monoisotopic (exact) mass is 227 g/mol. The molecule has 0 aromatic rings. The van der Waals surface area contributed by atoms with E-state index in [0.29, 0.717) is 0 Å². The maximum Gasteiger partial charge on any atom is 0 e. The standard InChI is InChI=1S/GeO2.Sb/c2-1-3;. The van der Waals surface area contributed by atoms with Crippen molar-refractivity contribution >= 4 is 39.7 Å². The van der Waals surface area contributed by atoms with Crippen molar-refractivity contribution in [2.45, 2.75) is 0 Å². The summed E-state index contributed by atoms with van der Waals surface area (Å²) >= 11 is -2.00. The van der Waals surface area contributed by atoms with Crippen LogP contribution in [-0.2, 0) is 7.56 Å². The summed E-state index contributed by atoms with van der Waals surface area (Å²) in [5, 5.41) is 0. The molecule has 0 saturated carbocycles. The Bertz CT molecular complexity index is 27.0. The van der Waals surface area contributed by atoms with Crippen molar-refractivity contribution in [3.63, 3.8) is 0 Å². The van der Waals surface area contributed by atoms with Gasteiger partial charge in [-0.1, -0.05) is 0 Å². The molecule has 21 valence electrons. The second kappa shape index (κ2) is 9.03. The summed E-state index contributed by atoms with van der Waals surface area (Å²) in [7, 11) is 0. The quantitative estimate of drug-likeness (QED) is 0.497. The van der Waals surface area contributed by atoms with E-state index < -0.39 is 15.3 Å². The molecule has 0 N–H and O–H groups in total. The first kappa shape index (κ1) is 8.88. The summed E-state index contributed by atoms with van der Waals surface area (Å²) in [6, 6.07) is 0. The molecule has 0 unspecified atom stereocenters. The first-order valence-corrected chi connectivity index (χ1v) is 2.12. The van der Waals surface area contributed by atoms with Crippen LogP contribution in [0.1, 0.15) is 0 Å². The molecular weight excluding hydrogens is 226 g/mol. The second-order valence-electron chi connectivity index (χ2n) is 0.0833. The Labute approximate surface area is 47.3 Å². The van der Waals surface area contributed by atoms with Crippen LogP contribution in [0.3, 0.4) is 0 Å². The van der Waals surface area contributed by atoms with Crippen molar-refractivity contribution in [1.29, 1.82) is 0 Å². The molecule has 0 bridgehead atoms. The smallest absolute Gasteiger partial charge is 0 e. The van der Waals surface area contributed by atoms with Gasteiger partial charge in [0, 0.05) is 24.4 Å². The fourth-order valence-electron chi connectivity index (χ4n) is 0. The molecular formula is GeO2Sb. The zero-order valence-electron chi connectivity index (χ0n) is 1.76. The predicted molar refractivity (Wildman–Crippen MR) is 12.9 cm³/mol. The summed E-state index contributed by atoms with van der Waals surface area (Å²) < 4.78 is 17.0. The average molecular weight is 226 g/mol. The molecule has 0 rings (SSSR count). The Balaban J connectivity index is 0. The van der Waals surface area contributed by atoms with Crippen LogP contribution in [0.25, 0.3) is 0 Å². The van der Waals surface area contributed by atoms with Crippen molar-refractivity contribution in [3.05, 3.63) is 0 Å². The van der Waals surface area contributed by atoms with Crippen molar-refractivity contribution in [1.82, 2.24) is 0 Å². The fraction of sp³-hybridized carbons (Fsp3) is 0. The fourth-order valence-corrected chi connectivity index (χ4v) is 0. The molecule has 0 aliphatic rings. The first-order valence-electron chi connectivity index (χ1n) is 0.408. The van der Waals surface area contributed by atoms with E-state index in [0.717, 1.165) is 0 Å². The van der Waals surface area contributed by atoms with Gasteiger partial charge in [0.2, 0.25) is 0 Å². The predicted octanol–water partition coefficient (Wildman–Crippen LogP) is -0.999. The van der Waals surface area contributed by atoms with Crippen LogP contribution in [0.5, 0.6) is 0 Å². The maximum atomic E-state index is 8.50. The van der Waals surface area contributed by atoms with E-state index in [2.05, 4.69) is 0 Å². The molecule has 3 radical (unpaired) electrons. The van der Waals surface area contributed by atoms with Crippen LogP contribution in [0.4, 0.5) is 0 Å². The van der Waals surface area contributed by atoms with Crippen LogP contribution in [0.15, 0.2) is 0 Å². The van der Waals surface area contributed by atoms with E-state index >= 15 is 0 Å². The molecule has 0 aliphatic heterocycles. The van der Waals surface area contributed by atoms with E-state index in [1.54, 1.807) is 0 Å². The van der Waals surface area contributed by atoms with Gasteiger partial charge in [-0.2, -0.15) is 0 Å². The molecule has 0 fully saturated rings. The van der Waals surface area contributed by atoms with E-state index in [4.69, 9.17) is 7.56 Å². The SMILES string of the molecule is [O]=[Ge]=[O].[Sb]. The van der Waals surface area contributed by atoms with Crippen LogP contribution >= 0.6 is 0 Å². The number of rotatable bonds is 0. The van der Waals surface area contributed by atoms with E-state index in [1.807, 2.05) is 0 Å². The Morgan fingerprint density at radius 3 is 1.25 bits per heavy atom. The van der Waals surface area contributed by atoms with Crippen LogP contribution in [-0.4, -0.2) is 39.7 Å². The van der Waals surface area contributed by atoms with E-state index in [1.165, 1.54) is 0 Å². The Morgan fingerprint density at radius 1 is 1.25 bits per heavy atom. The molecule has 4 heteroatoms. The summed E-state index contributed by atoms with van der Waals surface area (Å²) in [4.78, 5) is 0. The molecule has 0 saturated heterocycles. The molecule has 0 aromatic carbocycles. The van der Waals surface area contributed by atoms with Gasteiger partial charge in [0.05, 0.1) is 0 Å². The minimum Gasteiger partial charge on any atom is 0 e. The van der Waals surface area contributed by atoms with Gasteiger partial charge in [-0.05, 0) is 0 Å². The molecule has 2 nitrogen and oxygen atoms in total. The van der Waals surface area contributed by atoms with Gasteiger partial charge >= 0.3 is 22.9 Å².